The molecule has 0 rings (SSSR count). The molecule has 0 aliphatic carbocycles. The Kier molecular flexibility index (Phi) is 8.17. The lowest BCUT2D eigenvalue weighted by atomic mass is 10.2. The van der Waals surface area contributed by atoms with Crippen LogP contribution >= 0.6 is 0 Å². The SMILES string of the molecule is C=CCCC(=O)N(CCO)CCNC. The van der Waals surface area contributed by atoms with Crippen molar-refractivity contribution in [3.8, 4) is 0 Å². The molecule has 0 unspecified atom stereocenters. The monoisotopic (exact) mass is 200 g/mol. The smallest absolute Gasteiger partial charge is 0.223 e. The van der Waals surface area contributed by atoms with E-state index in [1.165, 1.54) is 0 Å². The second-order valence-electron chi connectivity index (χ2n) is 3.04. The molecule has 4 heteroatoms. The van der Waals surface area contributed by atoms with E-state index in [-0.39, 0.29) is 12.5 Å². The second-order valence-corrected chi connectivity index (χ2v) is 3.04. The maximum absolute atomic E-state index is 11.5. The highest BCUT2D eigenvalue weighted by atomic mass is 16.3. The minimum atomic E-state index is 0.0174. The minimum Gasteiger partial charge on any atom is -0.395 e. The number of nitrogens with one attached hydrogen (secondary N) is 1. The van der Waals surface area contributed by atoms with Crippen molar-refractivity contribution in [2.24, 2.45) is 0 Å². The average Bonchev–Trinajstić information content (AvgIpc) is 2.20. The van der Waals surface area contributed by atoms with Gasteiger partial charge in [0, 0.05) is 26.1 Å². The van der Waals surface area contributed by atoms with Gasteiger partial charge in [0.2, 0.25) is 5.91 Å². The van der Waals surface area contributed by atoms with Crippen molar-refractivity contribution < 1.29 is 9.90 Å². The maximum Gasteiger partial charge on any atom is 0.223 e. The summed E-state index contributed by atoms with van der Waals surface area (Å²) in [6, 6.07) is 0. The number of hydrogen-bond acceptors (Lipinski definition) is 3. The Morgan fingerprint density at radius 3 is 2.79 bits per heavy atom. The van der Waals surface area contributed by atoms with Gasteiger partial charge in [-0.25, -0.2) is 0 Å². The van der Waals surface area contributed by atoms with Gasteiger partial charge >= 0.3 is 0 Å². The normalized spacial score (nSPS) is 9.86. The summed E-state index contributed by atoms with van der Waals surface area (Å²) in [5.41, 5.74) is 0. The Morgan fingerprint density at radius 1 is 1.57 bits per heavy atom. The van der Waals surface area contributed by atoms with Crippen LogP contribution in [0.3, 0.4) is 0 Å². The maximum atomic E-state index is 11.5. The fourth-order valence-corrected chi connectivity index (χ4v) is 1.11. The molecular weight excluding hydrogens is 180 g/mol. The Bertz CT molecular complexity index is 172. The zero-order chi connectivity index (χ0) is 10.8. The molecule has 0 aromatic heterocycles. The highest BCUT2D eigenvalue weighted by Crippen LogP contribution is 1.97. The van der Waals surface area contributed by atoms with Crippen LogP contribution < -0.4 is 5.32 Å². The van der Waals surface area contributed by atoms with E-state index in [1.807, 2.05) is 7.05 Å². The lowest BCUT2D eigenvalue weighted by molar-refractivity contribution is -0.131. The van der Waals surface area contributed by atoms with E-state index in [0.29, 0.717) is 25.9 Å². The van der Waals surface area contributed by atoms with Crippen LogP contribution in [0.2, 0.25) is 0 Å². The van der Waals surface area contributed by atoms with Crippen molar-refractivity contribution in [1.29, 1.82) is 0 Å². The van der Waals surface area contributed by atoms with Crippen molar-refractivity contribution in [3.05, 3.63) is 12.7 Å². The van der Waals surface area contributed by atoms with Gasteiger partial charge in [0.05, 0.1) is 6.61 Å². The predicted molar refractivity (Wildman–Crippen MR) is 57.0 cm³/mol. The second kappa shape index (κ2) is 8.72. The zero-order valence-electron chi connectivity index (χ0n) is 8.83. The molecule has 0 heterocycles. The van der Waals surface area contributed by atoms with Crippen LogP contribution in [-0.2, 0) is 4.79 Å². The van der Waals surface area contributed by atoms with E-state index >= 15 is 0 Å². The fourth-order valence-electron chi connectivity index (χ4n) is 1.11. The lowest BCUT2D eigenvalue weighted by Crippen LogP contribution is -2.37. The molecule has 0 aliphatic rings. The number of carbonyl (C=O) groups is 1. The first-order valence-corrected chi connectivity index (χ1v) is 4.90. The molecule has 0 spiro atoms. The summed E-state index contributed by atoms with van der Waals surface area (Å²) in [5, 5.41) is 11.7. The molecule has 0 saturated heterocycles. The number of aliphatic hydroxyl groups is 1. The Balaban J connectivity index is 3.89. The Morgan fingerprint density at radius 2 is 2.29 bits per heavy atom. The quantitative estimate of drug-likeness (QED) is 0.542. The molecule has 14 heavy (non-hydrogen) atoms. The van der Waals surface area contributed by atoms with Crippen LogP contribution in [0, 0.1) is 0 Å². The summed E-state index contributed by atoms with van der Waals surface area (Å²) in [4.78, 5) is 13.2. The van der Waals surface area contributed by atoms with Gasteiger partial charge in [0.15, 0.2) is 0 Å². The Hall–Kier alpha value is -0.870. The molecule has 0 aromatic rings. The van der Waals surface area contributed by atoms with Gasteiger partial charge in [-0.2, -0.15) is 0 Å². The first kappa shape index (κ1) is 13.1. The van der Waals surface area contributed by atoms with E-state index in [2.05, 4.69) is 11.9 Å². The largest absolute Gasteiger partial charge is 0.395 e. The van der Waals surface area contributed by atoms with Crippen molar-refractivity contribution in [1.82, 2.24) is 10.2 Å². The van der Waals surface area contributed by atoms with Gasteiger partial charge in [0.1, 0.15) is 0 Å². The van der Waals surface area contributed by atoms with Gasteiger partial charge in [-0.05, 0) is 13.5 Å². The van der Waals surface area contributed by atoms with E-state index in [0.717, 1.165) is 6.54 Å². The van der Waals surface area contributed by atoms with Crippen LogP contribution in [0.15, 0.2) is 12.7 Å². The molecule has 1 amide bonds. The highest BCUT2D eigenvalue weighted by Gasteiger charge is 2.10. The zero-order valence-corrected chi connectivity index (χ0v) is 8.83. The summed E-state index contributed by atoms with van der Waals surface area (Å²) in [7, 11) is 1.84. The molecule has 4 nitrogen and oxygen atoms in total. The number of aliphatic hydroxyl groups excluding tert-OH is 1. The van der Waals surface area contributed by atoms with Gasteiger partial charge in [0.25, 0.3) is 0 Å². The molecule has 2 N–H and O–H groups in total. The minimum absolute atomic E-state index is 0.0174. The van der Waals surface area contributed by atoms with E-state index in [1.54, 1.807) is 11.0 Å². The van der Waals surface area contributed by atoms with Crippen molar-refractivity contribution in [2.45, 2.75) is 12.8 Å². The first-order chi connectivity index (χ1) is 6.76. The topological polar surface area (TPSA) is 52.6 Å². The number of allylic oxidation sites excluding steroid dienone is 1. The predicted octanol–water partition coefficient (Wildman–Crippen LogP) is -0.00710. The number of likely N-dealkylation sites (N-methyl/N-ethyl adjacent to an activating group) is 1. The Labute approximate surface area is 85.6 Å². The molecule has 0 radical (unpaired) electrons. The summed E-state index contributed by atoms with van der Waals surface area (Å²) < 4.78 is 0. The molecule has 0 aromatic carbocycles. The van der Waals surface area contributed by atoms with Crippen LogP contribution in [0.5, 0.6) is 0 Å². The summed E-state index contributed by atoms with van der Waals surface area (Å²) in [6.45, 7) is 5.40. The molecule has 0 atom stereocenters. The third kappa shape index (κ3) is 5.72. The van der Waals surface area contributed by atoms with E-state index in [9.17, 15) is 4.79 Å². The van der Waals surface area contributed by atoms with Crippen LogP contribution in [0.4, 0.5) is 0 Å². The van der Waals surface area contributed by atoms with Crippen LogP contribution in [-0.4, -0.2) is 49.2 Å². The molecule has 0 saturated carbocycles. The standard InChI is InChI=1S/C10H20N2O2/c1-3-4-5-10(14)12(8-9-13)7-6-11-2/h3,11,13H,1,4-9H2,2H3. The van der Waals surface area contributed by atoms with E-state index in [4.69, 9.17) is 5.11 Å². The number of rotatable bonds is 8. The fraction of sp³-hybridized carbons (Fsp3) is 0.700. The number of carbonyl (C=O) groups excluding carboxylic acids is 1. The van der Waals surface area contributed by atoms with Crippen LogP contribution in [0.1, 0.15) is 12.8 Å². The molecule has 82 valence electrons. The summed E-state index contributed by atoms with van der Waals surface area (Å²) in [6.07, 6.45) is 2.90. The van der Waals surface area contributed by atoms with Gasteiger partial charge in [-0.15, -0.1) is 6.58 Å². The molecular formula is C10H20N2O2. The third-order valence-electron chi connectivity index (χ3n) is 1.92. The number of amides is 1. The molecule has 0 fully saturated rings. The summed E-state index contributed by atoms with van der Waals surface area (Å²) >= 11 is 0. The number of nitrogens with zero attached hydrogens (tertiary/aromatic N) is 1. The molecule has 0 bridgehead atoms. The average molecular weight is 200 g/mol. The lowest BCUT2D eigenvalue weighted by Gasteiger charge is -2.21. The molecule has 0 aliphatic heterocycles. The van der Waals surface area contributed by atoms with Crippen molar-refractivity contribution in [3.63, 3.8) is 0 Å². The number of hydrogen-bond donors (Lipinski definition) is 2. The van der Waals surface area contributed by atoms with Crippen molar-refractivity contribution >= 4 is 5.91 Å². The first-order valence-electron chi connectivity index (χ1n) is 4.90. The summed E-state index contributed by atoms with van der Waals surface area (Å²) in [5.74, 6) is 0.0780. The van der Waals surface area contributed by atoms with Gasteiger partial charge in [-0.1, -0.05) is 6.08 Å². The van der Waals surface area contributed by atoms with Crippen LogP contribution in [0.25, 0.3) is 0 Å². The third-order valence-corrected chi connectivity index (χ3v) is 1.92. The van der Waals surface area contributed by atoms with E-state index < -0.39 is 0 Å². The van der Waals surface area contributed by atoms with Gasteiger partial charge in [-0.3, -0.25) is 4.79 Å². The van der Waals surface area contributed by atoms with Gasteiger partial charge < -0.3 is 15.3 Å². The highest BCUT2D eigenvalue weighted by molar-refractivity contribution is 5.76. The van der Waals surface area contributed by atoms with Crippen molar-refractivity contribution in [2.75, 3.05) is 33.3 Å².